The molecule has 0 aliphatic rings. The molecule has 1 heterocycles. The number of para-hydroxylation sites is 2. The van der Waals surface area contributed by atoms with Crippen LogP contribution in [0.3, 0.4) is 0 Å². The van der Waals surface area contributed by atoms with E-state index in [-0.39, 0.29) is 5.91 Å². The molecule has 1 amide bonds. The molecule has 5 nitrogen and oxygen atoms in total. The lowest BCUT2D eigenvalue weighted by atomic mass is 10.2. The number of nitrogens with one attached hydrogen (secondary N) is 2. The molecule has 144 valence electrons. The van der Waals surface area contributed by atoms with Crippen LogP contribution in [0.15, 0.2) is 73.3 Å². The number of hydrogen-bond acceptors (Lipinski definition) is 5. The van der Waals surface area contributed by atoms with E-state index < -0.39 is 0 Å². The summed E-state index contributed by atoms with van der Waals surface area (Å²) in [5.41, 5.74) is 6.40. The van der Waals surface area contributed by atoms with E-state index >= 15 is 0 Å². The highest BCUT2D eigenvalue weighted by Crippen LogP contribution is 2.25. The molecule has 0 fully saturated rings. The Morgan fingerprint density at radius 3 is 2.39 bits per heavy atom. The number of carbonyl (C=O) groups is 1. The van der Waals surface area contributed by atoms with E-state index in [1.807, 2.05) is 42.5 Å². The van der Waals surface area contributed by atoms with Crippen molar-refractivity contribution in [1.29, 1.82) is 0 Å². The van der Waals surface area contributed by atoms with Gasteiger partial charge in [-0.3, -0.25) is 15.6 Å². The van der Waals surface area contributed by atoms with Gasteiger partial charge in [0.15, 0.2) is 0 Å². The highest BCUT2D eigenvalue weighted by molar-refractivity contribution is 7.17. The van der Waals surface area contributed by atoms with Gasteiger partial charge in [0.05, 0.1) is 20.5 Å². The Morgan fingerprint density at radius 2 is 1.64 bits per heavy atom. The van der Waals surface area contributed by atoms with Crippen LogP contribution in [-0.2, 0) is 0 Å². The van der Waals surface area contributed by atoms with Crippen LogP contribution in [0.5, 0.6) is 11.5 Å². The molecule has 0 aliphatic carbocycles. The van der Waals surface area contributed by atoms with Crippen molar-refractivity contribution in [3.8, 4) is 11.5 Å². The molecule has 2 aromatic carbocycles. The van der Waals surface area contributed by atoms with E-state index in [9.17, 15) is 4.79 Å². The second-order valence-electron chi connectivity index (χ2n) is 5.67. The van der Waals surface area contributed by atoms with Gasteiger partial charge in [-0.05, 0) is 36.4 Å². The molecule has 0 atom stereocenters. The maximum atomic E-state index is 12.5. The Hall–Kier alpha value is -2.96. The number of hydrogen-bond donors (Lipinski definition) is 2. The van der Waals surface area contributed by atoms with Crippen molar-refractivity contribution in [2.45, 2.75) is 0 Å². The summed E-state index contributed by atoms with van der Waals surface area (Å²) in [6, 6.07) is 20.1. The zero-order chi connectivity index (χ0) is 19.8. The first-order valence-electron chi connectivity index (χ1n) is 8.54. The van der Waals surface area contributed by atoms with E-state index in [0.717, 1.165) is 10.6 Å². The highest BCUT2D eigenvalue weighted by Gasteiger charge is 2.12. The lowest BCUT2D eigenvalue weighted by Crippen LogP contribution is -2.36. The van der Waals surface area contributed by atoms with Crippen LogP contribution in [0.4, 0.5) is 0 Å². The fraction of sp³-hybridized carbons (Fsp3) is 0.0952. The number of rotatable bonds is 9. The third-order valence-corrected chi connectivity index (χ3v) is 4.97. The SMILES string of the molecule is C=C(NNC(=O)c1ccccc1OCCOc1ccccc1)c1ccc(Cl)s1. The van der Waals surface area contributed by atoms with E-state index in [1.54, 1.807) is 24.3 Å². The second kappa shape index (κ2) is 9.82. The fourth-order valence-electron chi connectivity index (χ4n) is 2.35. The fourth-order valence-corrected chi connectivity index (χ4v) is 3.31. The Kier molecular flexibility index (Phi) is 6.94. The molecule has 0 bridgehead atoms. The van der Waals surface area contributed by atoms with Gasteiger partial charge in [-0.1, -0.05) is 48.5 Å². The normalized spacial score (nSPS) is 10.2. The molecular formula is C21H19ClN2O3S. The molecular weight excluding hydrogens is 396 g/mol. The molecule has 3 aromatic rings. The Morgan fingerprint density at radius 1 is 0.929 bits per heavy atom. The lowest BCUT2D eigenvalue weighted by Gasteiger charge is -2.13. The summed E-state index contributed by atoms with van der Waals surface area (Å²) in [5, 5.41) is 0. The van der Waals surface area contributed by atoms with Gasteiger partial charge in [-0.25, -0.2) is 0 Å². The molecule has 1 aromatic heterocycles. The van der Waals surface area contributed by atoms with Gasteiger partial charge < -0.3 is 9.47 Å². The molecule has 28 heavy (non-hydrogen) atoms. The monoisotopic (exact) mass is 414 g/mol. The third kappa shape index (κ3) is 5.52. The van der Waals surface area contributed by atoms with E-state index in [1.165, 1.54) is 11.3 Å². The Bertz CT molecular complexity index is 944. The molecule has 0 saturated heterocycles. The van der Waals surface area contributed by atoms with Crippen molar-refractivity contribution in [2.24, 2.45) is 0 Å². The largest absolute Gasteiger partial charge is 0.490 e. The number of hydrazine groups is 1. The van der Waals surface area contributed by atoms with Crippen LogP contribution in [0.25, 0.3) is 5.70 Å². The number of halogens is 1. The first-order chi connectivity index (χ1) is 13.6. The Labute approximate surface area is 172 Å². The van der Waals surface area contributed by atoms with Gasteiger partial charge in [-0.15, -0.1) is 11.3 Å². The predicted octanol–water partition coefficient (Wildman–Crippen LogP) is 4.76. The highest BCUT2D eigenvalue weighted by atomic mass is 35.5. The number of benzene rings is 2. The first kappa shape index (κ1) is 19.8. The minimum Gasteiger partial charge on any atom is -0.490 e. The number of carbonyl (C=O) groups excluding carboxylic acids is 1. The smallest absolute Gasteiger partial charge is 0.273 e. The summed E-state index contributed by atoms with van der Waals surface area (Å²) in [7, 11) is 0. The van der Waals surface area contributed by atoms with Crippen molar-refractivity contribution >= 4 is 34.5 Å². The molecule has 7 heteroatoms. The standard InChI is InChI=1S/C21H19ClN2O3S/c1-15(19-11-12-20(22)28-19)23-24-21(25)17-9-5-6-10-18(17)27-14-13-26-16-7-3-2-4-8-16/h2-12,23H,1,13-14H2,(H,24,25). The number of amides is 1. The summed E-state index contributed by atoms with van der Waals surface area (Å²) < 4.78 is 12.0. The second-order valence-corrected chi connectivity index (χ2v) is 7.38. The summed E-state index contributed by atoms with van der Waals surface area (Å²) in [4.78, 5) is 13.4. The lowest BCUT2D eigenvalue weighted by molar-refractivity contribution is 0.0937. The maximum absolute atomic E-state index is 12.5. The molecule has 0 saturated carbocycles. The maximum Gasteiger partial charge on any atom is 0.273 e. The molecule has 3 rings (SSSR count). The van der Waals surface area contributed by atoms with E-state index in [0.29, 0.717) is 34.6 Å². The summed E-state index contributed by atoms with van der Waals surface area (Å²) in [6.07, 6.45) is 0. The van der Waals surface area contributed by atoms with Crippen LogP contribution in [0.1, 0.15) is 15.2 Å². The summed E-state index contributed by atoms with van der Waals surface area (Å²) in [6.45, 7) is 4.58. The van der Waals surface area contributed by atoms with E-state index in [4.69, 9.17) is 21.1 Å². The topological polar surface area (TPSA) is 59.6 Å². The molecule has 0 aliphatic heterocycles. The quantitative estimate of drug-likeness (QED) is 0.391. The van der Waals surface area contributed by atoms with Crippen molar-refractivity contribution in [3.63, 3.8) is 0 Å². The number of ether oxygens (including phenoxy) is 2. The minimum atomic E-state index is -0.330. The van der Waals surface area contributed by atoms with Crippen molar-refractivity contribution < 1.29 is 14.3 Å². The average molecular weight is 415 g/mol. The summed E-state index contributed by atoms with van der Waals surface area (Å²) in [5.74, 6) is 0.917. The van der Waals surface area contributed by atoms with Crippen LogP contribution in [-0.4, -0.2) is 19.1 Å². The first-order valence-corrected chi connectivity index (χ1v) is 9.73. The third-order valence-electron chi connectivity index (χ3n) is 3.68. The minimum absolute atomic E-state index is 0.313. The summed E-state index contributed by atoms with van der Waals surface area (Å²) >= 11 is 7.29. The predicted molar refractivity (Wildman–Crippen MR) is 113 cm³/mol. The molecule has 0 radical (unpaired) electrons. The van der Waals surface area contributed by atoms with Crippen LogP contribution in [0, 0.1) is 0 Å². The Balaban J connectivity index is 1.52. The van der Waals surface area contributed by atoms with Crippen LogP contribution >= 0.6 is 22.9 Å². The van der Waals surface area contributed by atoms with Crippen LogP contribution in [0.2, 0.25) is 4.34 Å². The molecule has 2 N–H and O–H groups in total. The molecule has 0 spiro atoms. The van der Waals surface area contributed by atoms with Crippen molar-refractivity contribution in [2.75, 3.05) is 13.2 Å². The van der Waals surface area contributed by atoms with Gasteiger partial charge >= 0.3 is 0 Å². The zero-order valence-corrected chi connectivity index (χ0v) is 16.6. The van der Waals surface area contributed by atoms with E-state index in [2.05, 4.69) is 17.4 Å². The molecule has 0 unspecified atom stereocenters. The van der Waals surface area contributed by atoms with Crippen molar-refractivity contribution in [3.05, 3.63) is 88.1 Å². The van der Waals surface area contributed by atoms with Crippen molar-refractivity contribution in [1.82, 2.24) is 10.9 Å². The average Bonchev–Trinajstić information content (AvgIpc) is 3.17. The van der Waals surface area contributed by atoms with Gasteiger partial charge in [-0.2, -0.15) is 0 Å². The number of thiophene rings is 1. The zero-order valence-electron chi connectivity index (χ0n) is 15.0. The van der Waals surface area contributed by atoms with Gasteiger partial charge in [0.2, 0.25) is 0 Å². The van der Waals surface area contributed by atoms with Crippen LogP contribution < -0.4 is 20.3 Å². The van der Waals surface area contributed by atoms with Gasteiger partial charge in [0.25, 0.3) is 5.91 Å². The van der Waals surface area contributed by atoms with Gasteiger partial charge in [0, 0.05) is 0 Å². The van der Waals surface area contributed by atoms with Gasteiger partial charge in [0.1, 0.15) is 24.7 Å².